The summed E-state index contributed by atoms with van der Waals surface area (Å²) in [4.78, 5) is 49.9. The molecule has 0 N–H and O–H groups in total. The molecule has 0 radical (unpaired) electrons. The molecular weight excluding hydrogens is 454 g/mol. The number of benzene rings is 3. The lowest BCUT2D eigenvalue weighted by Gasteiger charge is -2.02. The van der Waals surface area contributed by atoms with E-state index in [4.69, 9.17) is 4.42 Å². The van der Waals surface area contributed by atoms with Crippen molar-refractivity contribution in [3.63, 3.8) is 0 Å². The van der Waals surface area contributed by atoms with E-state index in [1.807, 2.05) is 12.1 Å². The molecule has 5 rings (SSSR count). The highest BCUT2D eigenvalue weighted by Gasteiger charge is 2.15. The summed E-state index contributed by atoms with van der Waals surface area (Å²) >= 11 is 0. The zero-order valence-electron chi connectivity index (χ0n) is 20.7. The molecule has 6 heteroatoms. The van der Waals surface area contributed by atoms with Gasteiger partial charge in [0.05, 0.1) is 21.5 Å². The SMILES string of the molecule is CCCCCCCCCCCCn1c(=O)c2cc3cc4cc5c(=O)oc(=O)c5cc4cc3cc2c1=O. The van der Waals surface area contributed by atoms with Crippen LogP contribution in [-0.2, 0) is 6.54 Å². The molecule has 0 aliphatic rings. The highest BCUT2D eigenvalue weighted by atomic mass is 16.4. The molecule has 0 bridgehead atoms. The van der Waals surface area contributed by atoms with Crippen molar-refractivity contribution >= 4 is 43.1 Å². The lowest BCUT2D eigenvalue weighted by atomic mass is 10.00. The van der Waals surface area contributed by atoms with Crippen LogP contribution in [0, 0.1) is 0 Å². The van der Waals surface area contributed by atoms with Crippen molar-refractivity contribution in [2.24, 2.45) is 0 Å². The molecule has 3 aromatic carbocycles. The number of hydrogen-bond acceptors (Lipinski definition) is 5. The third kappa shape index (κ3) is 4.52. The fraction of sp³-hybridized carbons (Fsp3) is 0.400. The summed E-state index contributed by atoms with van der Waals surface area (Å²) < 4.78 is 6.08. The van der Waals surface area contributed by atoms with E-state index in [0.717, 1.165) is 40.8 Å². The molecule has 0 unspecified atom stereocenters. The number of aromatic nitrogens is 1. The van der Waals surface area contributed by atoms with Crippen molar-refractivity contribution in [2.75, 3.05) is 0 Å². The second kappa shape index (κ2) is 10.2. The van der Waals surface area contributed by atoms with Gasteiger partial charge in [0.1, 0.15) is 0 Å². The minimum Gasteiger partial charge on any atom is -0.386 e. The van der Waals surface area contributed by atoms with E-state index in [2.05, 4.69) is 6.92 Å². The summed E-state index contributed by atoms with van der Waals surface area (Å²) in [6.07, 6.45) is 12.0. The van der Waals surface area contributed by atoms with Gasteiger partial charge in [0.2, 0.25) is 0 Å². The Morgan fingerprint density at radius 1 is 0.528 bits per heavy atom. The summed E-state index contributed by atoms with van der Waals surface area (Å²) in [6, 6.07) is 10.6. The molecule has 5 aromatic rings. The van der Waals surface area contributed by atoms with E-state index in [0.29, 0.717) is 17.3 Å². The van der Waals surface area contributed by atoms with Gasteiger partial charge in [-0.3, -0.25) is 14.2 Å². The second-order valence-corrected chi connectivity index (χ2v) is 9.96. The number of hydrogen-bond donors (Lipinski definition) is 0. The van der Waals surface area contributed by atoms with Crippen molar-refractivity contribution in [3.8, 4) is 0 Å². The normalized spacial score (nSPS) is 12.0. The first-order valence-electron chi connectivity index (χ1n) is 13.2. The molecule has 0 aliphatic carbocycles. The van der Waals surface area contributed by atoms with Crippen molar-refractivity contribution in [1.82, 2.24) is 4.57 Å². The number of furan rings is 1. The molecule has 186 valence electrons. The van der Waals surface area contributed by atoms with Crippen molar-refractivity contribution < 1.29 is 4.42 Å². The lowest BCUT2D eigenvalue weighted by Crippen LogP contribution is -2.25. The van der Waals surface area contributed by atoms with E-state index in [1.54, 1.807) is 24.3 Å². The average molecular weight is 486 g/mol. The van der Waals surface area contributed by atoms with Crippen molar-refractivity contribution in [1.29, 1.82) is 0 Å². The summed E-state index contributed by atoms with van der Waals surface area (Å²) in [6.45, 7) is 2.67. The van der Waals surface area contributed by atoms with E-state index in [-0.39, 0.29) is 21.9 Å². The maximum atomic E-state index is 13.0. The van der Waals surface area contributed by atoms with Gasteiger partial charge in [0.25, 0.3) is 11.1 Å². The van der Waals surface area contributed by atoms with Gasteiger partial charge in [-0.25, -0.2) is 9.59 Å². The van der Waals surface area contributed by atoms with Crippen LogP contribution in [0.1, 0.15) is 71.1 Å². The summed E-state index contributed by atoms with van der Waals surface area (Å²) in [7, 11) is 0. The van der Waals surface area contributed by atoms with Gasteiger partial charge >= 0.3 is 11.3 Å². The van der Waals surface area contributed by atoms with Crippen molar-refractivity contribution in [3.05, 3.63) is 77.9 Å². The van der Waals surface area contributed by atoms with Gasteiger partial charge in [0.15, 0.2) is 0 Å². The molecule has 0 spiro atoms. The van der Waals surface area contributed by atoms with Crippen molar-refractivity contribution in [2.45, 2.75) is 77.7 Å². The van der Waals surface area contributed by atoms with Crippen LogP contribution in [-0.4, -0.2) is 4.57 Å². The van der Waals surface area contributed by atoms with Crippen LogP contribution < -0.4 is 22.4 Å². The fourth-order valence-corrected chi connectivity index (χ4v) is 5.33. The standard InChI is InChI=1S/C30H31NO5/c1-2-3-4-5-6-7-8-9-10-11-12-31-27(32)23-15-19-13-21-17-25-26(30(35)36-29(25)34)18-22(21)14-20(19)16-24(23)28(31)33/h13-18H,2-12H2,1H3. The van der Waals surface area contributed by atoms with E-state index < -0.39 is 11.3 Å². The number of unbranched alkanes of at least 4 members (excludes halogenated alkanes) is 9. The average Bonchev–Trinajstić information content (AvgIpc) is 3.27. The van der Waals surface area contributed by atoms with Gasteiger partial charge in [-0.05, 0) is 64.4 Å². The zero-order chi connectivity index (χ0) is 25.2. The molecule has 0 aliphatic heterocycles. The highest BCUT2D eigenvalue weighted by molar-refractivity contribution is 6.07. The molecule has 0 saturated carbocycles. The molecule has 36 heavy (non-hydrogen) atoms. The highest BCUT2D eigenvalue weighted by Crippen LogP contribution is 2.27. The Hall–Kier alpha value is -3.54. The minimum atomic E-state index is -0.644. The zero-order valence-corrected chi connectivity index (χ0v) is 20.7. The van der Waals surface area contributed by atoms with Crippen LogP contribution in [0.3, 0.4) is 0 Å². The molecule has 0 amide bonds. The first kappa shape index (κ1) is 24.2. The van der Waals surface area contributed by atoms with Crippen LogP contribution in [0.25, 0.3) is 43.1 Å². The quantitative estimate of drug-likeness (QED) is 0.171. The van der Waals surface area contributed by atoms with E-state index >= 15 is 0 Å². The maximum Gasteiger partial charge on any atom is 0.346 e. The lowest BCUT2D eigenvalue weighted by molar-refractivity contribution is 0.500. The molecule has 2 heterocycles. The summed E-state index contributed by atoms with van der Waals surface area (Å²) in [5, 5.41) is 4.51. The Labute approximate surface area is 207 Å². The summed E-state index contributed by atoms with van der Waals surface area (Å²) in [5.41, 5.74) is -1.77. The van der Waals surface area contributed by atoms with Crippen LogP contribution in [0.2, 0.25) is 0 Å². The third-order valence-corrected chi connectivity index (χ3v) is 7.38. The van der Waals surface area contributed by atoms with E-state index in [9.17, 15) is 19.2 Å². The Morgan fingerprint density at radius 2 is 0.917 bits per heavy atom. The minimum absolute atomic E-state index is 0.240. The smallest absolute Gasteiger partial charge is 0.346 e. The maximum absolute atomic E-state index is 13.0. The fourth-order valence-electron chi connectivity index (χ4n) is 5.33. The predicted molar refractivity (Wildman–Crippen MR) is 146 cm³/mol. The van der Waals surface area contributed by atoms with Gasteiger partial charge in [-0.1, -0.05) is 64.7 Å². The Kier molecular flexibility index (Phi) is 6.86. The molecule has 2 aromatic heterocycles. The number of rotatable bonds is 11. The van der Waals surface area contributed by atoms with Gasteiger partial charge in [0, 0.05) is 6.54 Å². The van der Waals surface area contributed by atoms with Gasteiger partial charge in [-0.2, -0.15) is 0 Å². The first-order valence-corrected chi connectivity index (χ1v) is 13.2. The molecule has 0 atom stereocenters. The number of nitrogens with zero attached hydrogens (tertiary/aromatic N) is 1. The summed E-state index contributed by atoms with van der Waals surface area (Å²) in [5.74, 6) is 0. The Bertz CT molecular complexity index is 1650. The third-order valence-electron chi connectivity index (χ3n) is 7.38. The van der Waals surface area contributed by atoms with E-state index in [1.165, 1.54) is 49.5 Å². The topological polar surface area (TPSA) is 86.3 Å². The molecule has 0 saturated heterocycles. The first-order chi connectivity index (χ1) is 17.5. The van der Waals surface area contributed by atoms with Gasteiger partial charge < -0.3 is 4.42 Å². The Morgan fingerprint density at radius 3 is 1.36 bits per heavy atom. The molecular formula is C30H31NO5. The van der Waals surface area contributed by atoms with Crippen LogP contribution in [0.15, 0.2) is 60.0 Å². The largest absolute Gasteiger partial charge is 0.386 e. The second-order valence-electron chi connectivity index (χ2n) is 9.96. The van der Waals surface area contributed by atoms with Crippen LogP contribution in [0.4, 0.5) is 0 Å². The van der Waals surface area contributed by atoms with Gasteiger partial charge in [-0.15, -0.1) is 0 Å². The monoisotopic (exact) mass is 485 g/mol. The molecule has 0 fully saturated rings. The number of fused-ring (bicyclic) bond motifs is 4. The van der Waals surface area contributed by atoms with Crippen LogP contribution in [0.5, 0.6) is 0 Å². The Balaban J connectivity index is 1.35. The molecule has 6 nitrogen and oxygen atoms in total. The predicted octanol–water partition coefficient (Wildman–Crippen LogP) is 5.93. The van der Waals surface area contributed by atoms with Crippen LogP contribution >= 0.6 is 0 Å².